The summed E-state index contributed by atoms with van der Waals surface area (Å²) >= 11 is 0. The molecule has 4 N–H and O–H groups in total. The predicted molar refractivity (Wildman–Crippen MR) is 60.1 cm³/mol. The van der Waals surface area contributed by atoms with Crippen molar-refractivity contribution in [2.45, 2.75) is 12.1 Å². The number of aliphatic hydroxyl groups is 1. The molecule has 0 unspecified atom stereocenters. The lowest BCUT2D eigenvalue weighted by atomic mass is 10.0. The number of benzene rings is 1. The molecule has 0 amide bonds. The van der Waals surface area contributed by atoms with E-state index in [0.717, 1.165) is 0 Å². The summed E-state index contributed by atoms with van der Waals surface area (Å²) in [4.78, 5) is 10.7. The molecule has 0 aliphatic heterocycles. The fraction of sp³-hybridized carbons (Fsp3) is 0.364. The molecule has 0 radical (unpaired) electrons. The van der Waals surface area contributed by atoms with Crippen LogP contribution in [-0.2, 0) is 4.79 Å². The second-order valence-corrected chi connectivity index (χ2v) is 3.42. The van der Waals surface area contributed by atoms with Gasteiger partial charge in [0, 0.05) is 0 Å². The zero-order chi connectivity index (χ0) is 13.0. The van der Waals surface area contributed by atoms with Crippen LogP contribution in [0.25, 0.3) is 0 Å². The van der Waals surface area contributed by atoms with Gasteiger partial charge in [0.1, 0.15) is 12.1 Å². The van der Waals surface area contributed by atoms with Crippen molar-refractivity contribution in [2.24, 2.45) is 5.73 Å². The lowest BCUT2D eigenvalue weighted by Crippen LogP contribution is -2.36. The van der Waals surface area contributed by atoms with Gasteiger partial charge in [0.05, 0.1) is 14.2 Å². The Kier molecular flexibility index (Phi) is 4.30. The SMILES string of the molecule is COc1ccc([C@@H](O)[C@@H](N)C(=O)O)cc1OC. The Balaban J connectivity index is 3.03. The highest BCUT2D eigenvalue weighted by atomic mass is 16.5. The number of aliphatic carboxylic acids is 1. The summed E-state index contributed by atoms with van der Waals surface area (Å²) in [7, 11) is 2.93. The second kappa shape index (κ2) is 5.51. The van der Waals surface area contributed by atoms with Crippen molar-refractivity contribution < 1.29 is 24.5 Å². The Labute approximate surface area is 98.6 Å². The normalized spacial score (nSPS) is 13.9. The minimum Gasteiger partial charge on any atom is -0.493 e. The van der Waals surface area contributed by atoms with Gasteiger partial charge in [-0.05, 0) is 17.7 Å². The van der Waals surface area contributed by atoms with Crippen molar-refractivity contribution in [3.63, 3.8) is 0 Å². The molecule has 6 heteroatoms. The molecular weight excluding hydrogens is 226 g/mol. The van der Waals surface area contributed by atoms with E-state index in [9.17, 15) is 9.90 Å². The highest BCUT2D eigenvalue weighted by Gasteiger charge is 2.24. The molecule has 0 saturated heterocycles. The maximum absolute atomic E-state index is 10.7. The van der Waals surface area contributed by atoms with E-state index in [1.165, 1.54) is 26.4 Å². The van der Waals surface area contributed by atoms with Gasteiger partial charge < -0.3 is 25.4 Å². The minimum absolute atomic E-state index is 0.359. The molecule has 0 aliphatic rings. The Morgan fingerprint density at radius 2 is 1.88 bits per heavy atom. The third kappa shape index (κ3) is 2.86. The number of methoxy groups -OCH3 is 2. The first-order valence-corrected chi connectivity index (χ1v) is 4.89. The predicted octanol–water partition coefficient (Wildman–Crippen LogP) is 0.149. The fourth-order valence-electron chi connectivity index (χ4n) is 1.38. The van der Waals surface area contributed by atoms with Gasteiger partial charge in [-0.1, -0.05) is 6.07 Å². The number of hydrogen-bond donors (Lipinski definition) is 3. The highest BCUT2D eigenvalue weighted by Crippen LogP contribution is 2.30. The molecule has 1 rings (SSSR count). The molecule has 0 bridgehead atoms. The van der Waals surface area contributed by atoms with E-state index in [1.807, 2.05) is 0 Å². The van der Waals surface area contributed by atoms with Crippen molar-refractivity contribution in [1.82, 2.24) is 0 Å². The maximum Gasteiger partial charge on any atom is 0.323 e. The number of nitrogens with two attached hydrogens (primary N) is 1. The number of carbonyl (C=O) groups is 1. The summed E-state index contributed by atoms with van der Waals surface area (Å²) in [6.45, 7) is 0. The summed E-state index contributed by atoms with van der Waals surface area (Å²) in [5.41, 5.74) is 5.69. The molecule has 2 atom stereocenters. The summed E-state index contributed by atoms with van der Waals surface area (Å²) in [6.07, 6.45) is -1.30. The number of carboxylic acids is 1. The Morgan fingerprint density at radius 3 is 2.35 bits per heavy atom. The van der Waals surface area contributed by atoms with Crippen LogP contribution in [0.3, 0.4) is 0 Å². The zero-order valence-electron chi connectivity index (χ0n) is 9.58. The zero-order valence-corrected chi connectivity index (χ0v) is 9.58. The topological polar surface area (TPSA) is 102 Å². The lowest BCUT2D eigenvalue weighted by Gasteiger charge is -2.17. The Morgan fingerprint density at radius 1 is 1.29 bits per heavy atom. The number of aliphatic hydroxyl groups excluding tert-OH is 1. The quantitative estimate of drug-likeness (QED) is 0.678. The van der Waals surface area contributed by atoms with Crippen LogP contribution in [-0.4, -0.2) is 36.4 Å². The van der Waals surface area contributed by atoms with Crippen LogP contribution < -0.4 is 15.2 Å². The van der Waals surface area contributed by atoms with E-state index in [2.05, 4.69) is 0 Å². The van der Waals surface area contributed by atoms with E-state index in [-0.39, 0.29) is 0 Å². The molecule has 0 saturated carbocycles. The van der Waals surface area contributed by atoms with Crippen molar-refractivity contribution in [1.29, 1.82) is 0 Å². The van der Waals surface area contributed by atoms with E-state index >= 15 is 0 Å². The monoisotopic (exact) mass is 241 g/mol. The fourth-order valence-corrected chi connectivity index (χ4v) is 1.38. The van der Waals surface area contributed by atoms with Crippen LogP contribution in [0.2, 0.25) is 0 Å². The number of rotatable bonds is 5. The first-order valence-electron chi connectivity index (χ1n) is 4.89. The van der Waals surface area contributed by atoms with Gasteiger partial charge >= 0.3 is 5.97 Å². The van der Waals surface area contributed by atoms with Gasteiger partial charge in [-0.15, -0.1) is 0 Å². The number of carboxylic acid groups (broad SMARTS) is 1. The summed E-state index contributed by atoms with van der Waals surface area (Å²) < 4.78 is 10.1. The van der Waals surface area contributed by atoms with Crippen LogP contribution in [0.5, 0.6) is 11.5 Å². The highest BCUT2D eigenvalue weighted by molar-refractivity contribution is 5.74. The smallest absolute Gasteiger partial charge is 0.323 e. The molecular formula is C11H15NO5. The number of hydrogen-bond acceptors (Lipinski definition) is 5. The third-order valence-corrected chi connectivity index (χ3v) is 2.37. The van der Waals surface area contributed by atoms with Crippen LogP contribution in [0.1, 0.15) is 11.7 Å². The van der Waals surface area contributed by atoms with Gasteiger partial charge in [0.2, 0.25) is 0 Å². The van der Waals surface area contributed by atoms with Crippen LogP contribution in [0.4, 0.5) is 0 Å². The van der Waals surface area contributed by atoms with Gasteiger partial charge in [-0.3, -0.25) is 4.79 Å². The first-order chi connectivity index (χ1) is 8.01. The number of ether oxygens (including phenoxy) is 2. The lowest BCUT2D eigenvalue weighted by molar-refractivity contribution is -0.141. The standard InChI is InChI=1S/C11H15NO5/c1-16-7-4-3-6(5-8(7)17-2)10(13)9(12)11(14)15/h3-5,9-10,13H,12H2,1-2H3,(H,14,15)/t9-,10-/m1/s1. The average molecular weight is 241 g/mol. The van der Waals surface area contributed by atoms with Crippen LogP contribution >= 0.6 is 0 Å². The summed E-state index contributed by atoms with van der Waals surface area (Å²) in [6, 6.07) is 3.22. The molecule has 1 aromatic carbocycles. The maximum atomic E-state index is 10.7. The Hall–Kier alpha value is -1.79. The van der Waals surface area contributed by atoms with Crippen LogP contribution in [0, 0.1) is 0 Å². The molecule has 6 nitrogen and oxygen atoms in total. The van der Waals surface area contributed by atoms with Crippen LogP contribution in [0.15, 0.2) is 18.2 Å². The van der Waals surface area contributed by atoms with Gasteiger partial charge in [0.15, 0.2) is 11.5 Å². The second-order valence-electron chi connectivity index (χ2n) is 3.42. The molecule has 0 aliphatic carbocycles. The van der Waals surface area contributed by atoms with Crippen molar-refractivity contribution in [2.75, 3.05) is 14.2 Å². The molecule has 0 fully saturated rings. The Bertz CT molecular complexity index is 407. The van der Waals surface area contributed by atoms with Gasteiger partial charge in [-0.2, -0.15) is 0 Å². The van der Waals surface area contributed by atoms with E-state index in [1.54, 1.807) is 6.07 Å². The molecule has 0 heterocycles. The molecule has 0 aromatic heterocycles. The van der Waals surface area contributed by atoms with E-state index in [4.69, 9.17) is 20.3 Å². The molecule has 94 valence electrons. The molecule has 1 aromatic rings. The van der Waals surface area contributed by atoms with Gasteiger partial charge in [-0.25, -0.2) is 0 Å². The van der Waals surface area contributed by atoms with Crippen molar-refractivity contribution in [3.8, 4) is 11.5 Å². The largest absolute Gasteiger partial charge is 0.493 e. The van der Waals surface area contributed by atoms with Crippen molar-refractivity contribution >= 4 is 5.97 Å². The molecule has 17 heavy (non-hydrogen) atoms. The third-order valence-electron chi connectivity index (χ3n) is 2.37. The summed E-state index contributed by atoms with van der Waals surface area (Å²) in [5.74, 6) is -0.374. The minimum atomic E-state index is -1.38. The molecule has 0 spiro atoms. The van der Waals surface area contributed by atoms with Crippen molar-refractivity contribution in [3.05, 3.63) is 23.8 Å². The van der Waals surface area contributed by atoms with E-state index < -0.39 is 18.1 Å². The van der Waals surface area contributed by atoms with E-state index in [0.29, 0.717) is 17.1 Å². The average Bonchev–Trinajstić information content (AvgIpc) is 2.35. The first kappa shape index (κ1) is 13.3. The van der Waals surface area contributed by atoms with Gasteiger partial charge in [0.25, 0.3) is 0 Å². The summed E-state index contributed by atoms with van der Waals surface area (Å²) in [5, 5.41) is 18.4.